The highest BCUT2D eigenvalue weighted by atomic mass is 79.9. The van der Waals surface area contributed by atoms with Crippen LogP contribution in [0.1, 0.15) is 32.3 Å². The number of nitrogens with one attached hydrogen (secondary N) is 1. The number of nitrogens with zero attached hydrogens (tertiary/aromatic N) is 1. The third-order valence-electron chi connectivity index (χ3n) is 4.31. The molecule has 1 fully saturated rings. The van der Waals surface area contributed by atoms with Gasteiger partial charge in [0.25, 0.3) is 0 Å². The molecule has 0 aliphatic carbocycles. The van der Waals surface area contributed by atoms with Gasteiger partial charge < -0.3 is 10.2 Å². The quantitative estimate of drug-likeness (QED) is 0.906. The minimum Gasteiger partial charge on any atom is -0.368 e. The first-order valence-electron chi connectivity index (χ1n) is 6.97. The fourth-order valence-electron chi connectivity index (χ4n) is 2.86. The normalized spacial score (nSPS) is 18.7. The van der Waals surface area contributed by atoms with Gasteiger partial charge >= 0.3 is 0 Å². The SMILES string of the molecule is CCC1(CC)CN(c2cc(F)c(Br)cc2C)CCN1. The van der Waals surface area contributed by atoms with Crippen molar-refractivity contribution in [1.29, 1.82) is 0 Å². The molecule has 2 rings (SSSR count). The number of hydrogen-bond acceptors (Lipinski definition) is 2. The highest BCUT2D eigenvalue weighted by molar-refractivity contribution is 9.10. The second-order valence-corrected chi connectivity index (χ2v) is 6.24. The standard InChI is InChI=1S/C15H22BrFN2/c1-4-15(5-2)10-19(7-6-18-15)14-9-13(17)12(16)8-11(14)3/h8-9,18H,4-7,10H2,1-3H3. The van der Waals surface area contributed by atoms with Crippen LogP contribution in [0.2, 0.25) is 0 Å². The largest absolute Gasteiger partial charge is 0.368 e. The van der Waals surface area contributed by atoms with Crippen LogP contribution in [0, 0.1) is 12.7 Å². The molecule has 1 aliphatic heterocycles. The van der Waals surface area contributed by atoms with E-state index in [0.717, 1.165) is 43.7 Å². The predicted octanol–water partition coefficient (Wildman–Crippen LogP) is 3.87. The van der Waals surface area contributed by atoms with Gasteiger partial charge in [-0.15, -0.1) is 0 Å². The van der Waals surface area contributed by atoms with E-state index in [9.17, 15) is 4.39 Å². The zero-order valence-corrected chi connectivity index (χ0v) is 13.5. The number of piperazine rings is 1. The Morgan fingerprint density at radius 3 is 2.68 bits per heavy atom. The minimum atomic E-state index is -0.183. The molecule has 0 saturated carbocycles. The molecule has 19 heavy (non-hydrogen) atoms. The molecule has 0 amide bonds. The zero-order valence-electron chi connectivity index (χ0n) is 11.9. The molecule has 0 bridgehead atoms. The number of rotatable bonds is 3. The van der Waals surface area contributed by atoms with Crippen LogP contribution in [-0.2, 0) is 0 Å². The molecule has 0 atom stereocenters. The highest BCUT2D eigenvalue weighted by Gasteiger charge is 2.32. The summed E-state index contributed by atoms with van der Waals surface area (Å²) in [6, 6.07) is 3.52. The van der Waals surface area contributed by atoms with Crippen LogP contribution in [0.25, 0.3) is 0 Å². The number of halogens is 2. The van der Waals surface area contributed by atoms with Gasteiger partial charge in [0.15, 0.2) is 0 Å². The van der Waals surface area contributed by atoms with Crippen LogP contribution >= 0.6 is 15.9 Å². The van der Waals surface area contributed by atoms with Crippen molar-refractivity contribution in [3.05, 3.63) is 28.0 Å². The van der Waals surface area contributed by atoms with Crippen molar-refractivity contribution in [2.75, 3.05) is 24.5 Å². The second-order valence-electron chi connectivity index (χ2n) is 5.39. The van der Waals surface area contributed by atoms with Crippen LogP contribution < -0.4 is 10.2 Å². The lowest BCUT2D eigenvalue weighted by molar-refractivity contribution is 0.277. The van der Waals surface area contributed by atoms with Gasteiger partial charge in [0.1, 0.15) is 5.82 Å². The summed E-state index contributed by atoms with van der Waals surface area (Å²) in [7, 11) is 0. The van der Waals surface area contributed by atoms with Crippen molar-refractivity contribution in [2.45, 2.75) is 39.2 Å². The van der Waals surface area contributed by atoms with Gasteiger partial charge in [0.05, 0.1) is 4.47 Å². The van der Waals surface area contributed by atoms with Crippen molar-refractivity contribution in [1.82, 2.24) is 5.32 Å². The van der Waals surface area contributed by atoms with E-state index in [4.69, 9.17) is 0 Å². The first-order chi connectivity index (χ1) is 9.01. The van der Waals surface area contributed by atoms with Crippen LogP contribution in [-0.4, -0.2) is 25.2 Å². The average molecular weight is 329 g/mol. The molecule has 1 aromatic carbocycles. The molecule has 2 nitrogen and oxygen atoms in total. The summed E-state index contributed by atoms with van der Waals surface area (Å²) >= 11 is 3.25. The molecule has 1 N–H and O–H groups in total. The van der Waals surface area contributed by atoms with Crippen molar-refractivity contribution >= 4 is 21.6 Å². The van der Waals surface area contributed by atoms with Crippen LogP contribution in [0.5, 0.6) is 0 Å². The molecule has 1 saturated heterocycles. The maximum atomic E-state index is 13.8. The monoisotopic (exact) mass is 328 g/mol. The van der Waals surface area contributed by atoms with Gasteiger partial charge in [-0.2, -0.15) is 0 Å². The summed E-state index contributed by atoms with van der Waals surface area (Å²) in [5.74, 6) is -0.183. The summed E-state index contributed by atoms with van der Waals surface area (Å²) in [5, 5.41) is 3.63. The van der Waals surface area contributed by atoms with Gasteiger partial charge in [-0.3, -0.25) is 0 Å². The molecule has 0 radical (unpaired) electrons. The molecule has 0 unspecified atom stereocenters. The molecular formula is C15H22BrFN2. The first kappa shape index (κ1) is 14.8. The van der Waals surface area contributed by atoms with Crippen molar-refractivity contribution < 1.29 is 4.39 Å². The van der Waals surface area contributed by atoms with E-state index in [1.807, 2.05) is 13.0 Å². The Balaban J connectivity index is 2.29. The fraction of sp³-hybridized carbons (Fsp3) is 0.600. The molecule has 106 valence electrons. The zero-order chi connectivity index (χ0) is 14.0. The second kappa shape index (κ2) is 5.80. The van der Waals surface area contributed by atoms with Gasteiger partial charge in [-0.1, -0.05) is 13.8 Å². The molecule has 1 heterocycles. The van der Waals surface area contributed by atoms with Crippen LogP contribution in [0.4, 0.5) is 10.1 Å². The Bertz CT molecular complexity index is 458. The Kier molecular flexibility index (Phi) is 4.51. The van der Waals surface area contributed by atoms with E-state index >= 15 is 0 Å². The molecule has 0 spiro atoms. The molecule has 1 aliphatic rings. The summed E-state index contributed by atoms with van der Waals surface area (Å²) in [6.45, 7) is 9.32. The first-order valence-corrected chi connectivity index (χ1v) is 7.76. The molecule has 4 heteroatoms. The number of aryl methyl sites for hydroxylation is 1. The van der Waals surface area contributed by atoms with Gasteiger partial charge in [0.2, 0.25) is 0 Å². The lowest BCUT2D eigenvalue weighted by atomic mass is 9.90. The van der Waals surface area contributed by atoms with Crippen molar-refractivity contribution in [3.63, 3.8) is 0 Å². The van der Waals surface area contributed by atoms with Crippen LogP contribution in [0.3, 0.4) is 0 Å². The van der Waals surface area contributed by atoms with E-state index in [2.05, 4.69) is 40.0 Å². The van der Waals surface area contributed by atoms with E-state index in [1.165, 1.54) is 0 Å². The summed E-state index contributed by atoms with van der Waals surface area (Å²) in [4.78, 5) is 2.31. The average Bonchev–Trinajstić information content (AvgIpc) is 2.43. The summed E-state index contributed by atoms with van der Waals surface area (Å²) in [6.07, 6.45) is 2.19. The fourth-order valence-corrected chi connectivity index (χ4v) is 3.32. The minimum absolute atomic E-state index is 0.161. The van der Waals surface area contributed by atoms with Gasteiger partial charge in [0, 0.05) is 30.9 Å². The lowest BCUT2D eigenvalue weighted by Crippen LogP contribution is -2.60. The van der Waals surface area contributed by atoms with E-state index < -0.39 is 0 Å². The molecular weight excluding hydrogens is 307 g/mol. The summed E-state index contributed by atoms with van der Waals surface area (Å²) < 4.78 is 14.3. The van der Waals surface area contributed by atoms with Crippen LogP contribution in [0.15, 0.2) is 16.6 Å². The predicted molar refractivity (Wildman–Crippen MR) is 82.4 cm³/mol. The third kappa shape index (κ3) is 2.95. The van der Waals surface area contributed by atoms with Gasteiger partial charge in [-0.25, -0.2) is 4.39 Å². The third-order valence-corrected chi connectivity index (χ3v) is 4.92. The topological polar surface area (TPSA) is 15.3 Å². The van der Waals surface area contributed by atoms with Gasteiger partial charge in [-0.05, 0) is 53.4 Å². The number of anilines is 1. The maximum Gasteiger partial charge on any atom is 0.139 e. The summed E-state index contributed by atoms with van der Waals surface area (Å²) in [5.41, 5.74) is 2.30. The maximum absolute atomic E-state index is 13.8. The Morgan fingerprint density at radius 2 is 2.05 bits per heavy atom. The molecule has 0 aromatic heterocycles. The molecule has 1 aromatic rings. The lowest BCUT2D eigenvalue weighted by Gasteiger charge is -2.44. The smallest absolute Gasteiger partial charge is 0.139 e. The Labute approximate surface area is 123 Å². The Morgan fingerprint density at radius 1 is 1.37 bits per heavy atom. The highest BCUT2D eigenvalue weighted by Crippen LogP contribution is 2.30. The van der Waals surface area contributed by atoms with Crippen molar-refractivity contribution in [2.24, 2.45) is 0 Å². The van der Waals surface area contributed by atoms with E-state index in [1.54, 1.807) is 6.07 Å². The Hall–Kier alpha value is -0.610. The van der Waals surface area contributed by atoms with E-state index in [-0.39, 0.29) is 11.4 Å². The van der Waals surface area contributed by atoms with E-state index in [0.29, 0.717) is 4.47 Å². The number of benzene rings is 1. The van der Waals surface area contributed by atoms with Crippen molar-refractivity contribution in [3.8, 4) is 0 Å². The number of hydrogen-bond donors (Lipinski definition) is 1.